The molecule has 1 aromatic carbocycles. The van der Waals surface area contributed by atoms with E-state index in [1.54, 1.807) is 4.68 Å². The highest BCUT2D eigenvalue weighted by Crippen LogP contribution is 2.35. The molecule has 0 radical (unpaired) electrons. The van der Waals surface area contributed by atoms with Crippen LogP contribution in [0.1, 0.15) is 18.9 Å². The Morgan fingerprint density at radius 2 is 1.97 bits per heavy atom. The molecule has 0 saturated carbocycles. The standard InChI is InChI=1S/C22H30N6O2/c1-3-27-16-22(11-20(27)29)15-26(14-18-12-23-25(2)13-18)9-10-28(17-22)21(30)24-19-7-5-4-6-8-19/h4-8,12-13H,3,9-11,14-17H2,1-2H3,(H,24,30). The number of likely N-dealkylation sites (tertiary alicyclic amines) is 1. The average molecular weight is 411 g/mol. The van der Waals surface area contributed by atoms with E-state index in [4.69, 9.17) is 0 Å². The molecule has 2 aromatic rings. The monoisotopic (exact) mass is 410 g/mol. The summed E-state index contributed by atoms with van der Waals surface area (Å²) in [6.45, 7) is 6.95. The molecule has 0 bridgehead atoms. The van der Waals surface area contributed by atoms with Crippen LogP contribution in [0.4, 0.5) is 10.5 Å². The smallest absolute Gasteiger partial charge is 0.321 e. The minimum Gasteiger partial charge on any atom is -0.342 e. The van der Waals surface area contributed by atoms with Crippen molar-refractivity contribution in [3.05, 3.63) is 48.3 Å². The van der Waals surface area contributed by atoms with E-state index in [1.165, 1.54) is 0 Å². The maximum atomic E-state index is 13.0. The zero-order valence-corrected chi connectivity index (χ0v) is 17.8. The fourth-order valence-corrected chi connectivity index (χ4v) is 4.68. The molecule has 2 aliphatic heterocycles. The van der Waals surface area contributed by atoms with Gasteiger partial charge in [-0.25, -0.2) is 4.79 Å². The SMILES string of the molecule is CCN1CC2(CC1=O)CN(Cc1cnn(C)c1)CCN(C(=O)Nc1ccccc1)C2. The number of carbonyl (C=O) groups is 2. The van der Waals surface area contributed by atoms with Crippen LogP contribution >= 0.6 is 0 Å². The molecule has 1 N–H and O–H groups in total. The Morgan fingerprint density at radius 1 is 1.17 bits per heavy atom. The highest BCUT2D eigenvalue weighted by atomic mass is 16.2. The first-order valence-electron chi connectivity index (χ1n) is 10.5. The van der Waals surface area contributed by atoms with Gasteiger partial charge in [0.15, 0.2) is 0 Å². The number of urea groups is 1. The number of hydrogen-bond donors (Lipinski definition) is 1. The number of rotatable bonds is 4. The second-order valence-electron chi connectivity index (χ2n) is 8.54. The van der Waals surface area contributed by atoms with Gasteiger partial charge in [-0.05, 0) is 19.1 Å². The molecule has 1 aromatic heterocycles. The second kappa shape index (κ2) is 8.47. The lowest BCUT2D eigenvalue weighted by molar-refractivity contribution is -0.127. The minimum absolute atomic E-state index is 0.105. The summed E-state index contributed by atoms with van der Waals surface area (Å²) >= 11 is 0. The van der Waals surface area contributed by atoms with Gasteiger partial charge in [0.1, 0.15) is 0 Å². The van der Waals surface area contributed by atoms with Gasteiger partial charge >= 0.3 is 6.03 Å². The molecule has 2 saturated heterocycles. The predicted octanol–water partition coefficient (Wildman–Crippen LogP) is 2.01. The molecule has 1 unspecified atom stereocenters. The number of nitrogens with zero attached hydrogens (tertiary/aromatic N) is 5. The second-order valence-corrected chi connectivity index (χ2v) is 8.54. The van der Waals surface area contributed by atoms with Crippen molar-refractivity contribution in [2.45, 2.75) is 19.9 Å². The van der Waals surface area contributed by atoms with Crippen molar-refractivity contribution in [1.29, 1.82) is 0 Å². The van der Waals surface area contributed by atoms with Crippen LogP contribution in [-0.2, 0) is 18.4 Å². The first-order chi connectivity index (χ1) is 14.5. The lowest BCUT2D eigenvalue weighted by Gasteiger charge is -2.33. The van der Waals surface area contributed by atoms with Gasteiger partial charge in [-0.1, -0.05) is 18.2 Å². The first-order valence-corrected chi connectivity index (χ1v) is 10.5. The summed E-state index contributed by atoms with van der Waals surface area (Å²) in [7, 11) is 1.91. The third kappa shape index (κ3) is 4.48. The zero-order valence-electron chi connectivity index (χ0n) is 17.8. The molecular formula is C22H30N6O2. The molecule has 2 aliphatic rings. The molecule has 1 atom stereocenters. The van der Waals surface area contributed by atoms with Crippen molar-refractivity contribution in [2.24, 2.45) is 12.5 Å². The maximum absolute atomic E-state index is 13.0. The van der Waals surface area contributed by atoms with Crippen LogP contribution in [0, 0.1) is 5.41 Å². The van der Waals surface area contributed by atoms with E-state index >= 15 is 0 Å². The van der Waals surface area contributed by atoms with Crippen molar-refractivity contribution in [3.63, 3.8) is 0 Å². The molecule has 4 rings (SSSR count). The van der Waals surface area contributed by atoms with E-state index in [-0.39, 0.29) is 17.4 Å². The van der Waals surface area contributed by atoms with E-state index in [0.717, 1.165) is 30.9 Å². The van der Waals surface area contributed by atoms with Crippen LogP contribution < -0.4 is 5.32 Å². The van der Waals surface area contributed by atoms with Crippen molar-refractivity contribution >= 4 is 17.6 Å². The van der Waals surface area contributed by atoms with E-state index in [1.807, 2.05) is 66.5 Å². The van der Waals surface area contributed by atoms with Gasteiger partial charge in [0.25, 0.3) is 0 Å². The van der Waals surface area contributed by atoms with E-state index in [2.05, 4.69) is 15.3 Å². The maximum Gasteiger partial charge on any atom is 0.321 e. The lowest BCUT2D eigenvalue weighted by Crippen LogP contribution is -2.45. The number of anilines is 1. The number of aryl methyl sites for hydroxylation is 1. The number of para-hydroxylation sites is 1. The molecule has 8 heteroatoms. The Balaban J connectivity index is 1.53. The number of amides is 3. The Hall–Kier alpha value is -2.87. The average Bonchev–Trinajstić information content (AvgIpc) is 3.21. The van der Waals surface area contributed by atoms with Crippen LogP contribution in [0.25, 0.3) is 0 Å². The fraction of sp³-hybridized carbons (Fsp3) is 0.500. The molecule has 3 amide bonds. The quantitative estimate of drug-likeness (QED) is 0.837. The minimum atomic E-state index is -0.250. The summed E-state index contributed by atoms with van der Waals surface area (Å²) < 4.78 is 1.81. The highest BCUT2D eigenvalue weighted by Gasteiger charge is 2.46. The van der Waals surface area contributed by atoms with Gasteiger partial charge in [0.05, 0.1) is 6.20 Å². The number of benzene rings is 1. The first kappa shape index (κ1) is 20.4. The molecule has 30 heavy (non-hydrogen) atoms. The van der Waals surface area contributed by atoms with E-state index < -0.39 is 0 Å². The van der Waals surface area contributed by atoms with Crippen LogP contribution in [0.3, 0.4) is 0 Å². The van der Waals surface area contributed by atoms with Crippen molar-refractivity contribution in [1.82, 2.24) is 24.5 Å². The van der Waals surface area contributed by atoms with Gasteiger partial charge in [-0.15, -0.1) is 0 Å². The van der Waals surface area contributed by atoms with Crippen LogP contribution in [0.5, 0.6) is 0 Å². The third-order valence-electron chi connectivity index (χ3n) is 6.04. The number of hydrogen-bond acceptors (Lipinski definition) is 4. The lowest BCUT2D eigenvalue weighted by atomic mass is 9.86. The van der Waals surface area contributed by atoms with Gasteiger partial charge in [0, 0.05) is 82.1 Å². The van der Waals surface area contributed by atoms with Gasteiger partial charge in [-0.2, -0.15) is 5.10 Å². The fourth-order valence-electron chi connectivity index (χ4n) is 4.68. The number of nitrogens with one attached hydrogen (secondary N) is 1. The number of aromatic nitrogens is 2. The van der Waals surface area contributed by atoms with E-state index in [0.29, 0.717) is 32.6 Å². The third-order valence-corrected chi connectivity index (χ3v) is 6.04. The van der Waals surface area contributed by atoms with Crippen molar-refractivity contribution in [3.8, 4) is 0 Å². The largest absolute Gasteiger partial charge is 0.342 e. The summed E-state index contributed by atoms with van der Waals surface area (Å²) in [5.74, 6) is 0.184. The summed E-state index contributed by atoms with van der Waals surface area (Å²) in [6, 6.07) is 9.41. The summed E-state index contributed by atoms with van der Waals surface area (Å²) in [5, 5.41) is 7.28. The van der Waals surface area contributed by atoms with Crippen LogP contribution in [0.15, 0.2) is 42.7 Å². The van der Waals surface area contributed by atoms with Crippen molar-refractivity contribution < 1.29 is 9.59 Å². The number of carbonyl (C=O) groups excluding carboxylic acids is 2. The normalized spacial score (nSPS) is 22.5. The molecule has 1 spiro atoms. The van der Waals surface area contributed by atoms with Gasteiger partial charge < -0.3 is 15.1 Å². The highest BCUT2D eigenvalue weighted by molar-refractivity contribution is 5.89. The van der Waals surface area contributed by atoms with E-state index in [9.17, 15) is 9.59 Å². The Morgan fingerprint density at radius 3 is 2.63 bits per heavy atom. The van der Waals surface area contributed by atoms with Crippen LogP contribution in [0.2, 0.25) is 0 Å². The molecular weight excluding hydrogens is 380 g/mol. The van der Waals surface area contributed by atoms with Crippen molar-refractivity contribution in [2.75, 3.05) is 44.6 Å². The topological polar surface area (TPSA) is 73.7 Å². The summed E-state index contributed by atoms with van der Waals surface area (Å²) in [4.78, 5) is 31.8. The van der Waals surface area contributed by atoms with Gasteiger partial charge in [-0.3, -0.25) is 14.4 Å². The van der Waals surface area contributed by atoms with Gasteiger partial charge in [0.2, 0.25) is 5.91 Å². The Labute approximate surface area is 177 Å². The molecule has 0 aliphatic carbocycles. The molecule has 160 valence electrons. The molecule has 3 heterocycles. The summed E-state index contributed by atoms with van der Waals surface area (Å²) in [6.07, 6.45) is 4.39. The summed E-state index contributed by atoms with van der Waals surface area (Å²) in [5.41, 5.74) is 1.68. The zero-order chi connectivity index (χ0) is 21.1. The molecule has 2 fully saturated rings. The van der Waals surface area contributed by atoms with Crippen LogP contribution in [-0.4, -0.2) is 75.7 Å². The Kier molecular flexibility index (Phi) is 5.76. The molecule has 8 nitrogen and oxygen atoms in total. The Bertz CT molecular complexity index is 898. The predicted molar refractivity (Wildman–Crippen MR) is 115 cm³/mol.